The van der Waals surface area contributed by atoms with Crippen LogP contribution in [0.4, 0.5) is 0 Å². The third-order valence-electron chi connectivity index (χ3n) is 3.47. The van der Waals surface area contributed by atoms with Crippen molar-refractivity contribution in [3.63, 3.8) is 0 Å². The standard InChI is InChI=1S/C15H15ClN2O2S/c1-18-12-6-9(16)2-5-11(12)13(7-15(18)20)21-8-14(19)17-10-3-4-10/h2,5-7,10H,3-4,8H2,1H3,(H,17,19). The number of thioether (sulfide) groups is 1. The first-order chi connectivity index (χ1) is 10.0. The molecule has 0 radical (unpaired) electrons. The molecule has 0 unspecified atom stereocenters. The molecule has 0 aliphatic heterocycles. The number of hydrogen-bond acceptors (Lipinski definition) is 3. The first kappa shape index (κ1) is 14.5. The third kappa shape index (κ3) is 3.24. The van der Waals surface area contributed by atoms with Crippen molar-refractivity contribution in [3.8, 4) is 0 Å². The summed E-state index contributed by atoms with van der Waals surface area (Å²) in [6.07, 6.45) is 2.15. The molecule has 2 aromatic rings. The van der Waals surface area contributed by atoms with Gasteiger partial charge in [0, 0.05) is 34.5 Å². The van der Waals surface area contributed by atoms with Gasteiger partial charge in [-0.15, -0.1) is 11.8 Å². The predicted octanol–water partition coefficient (Wildman–Crippen LogP) is 2.56. The maximum absolute atomic E-state index is 12.0. The van der Waals surface area contributed by atoms with E-state index in [0.717, 1.165) is 28.6 Å². The highest BCUT2D eigenvalue weighted by atomic mass is 35.5. The smallest absolute Gasteiger partial charge is 0.251 e. The van der Waals surface area contributed by atoms with Gasteiger partial charge in [-0.3, -0.25) is 9.59 Å². The average Bonchev–Trinajstić information content (AvgIpc) is 3.25. The van der Waals surface area contributed by atoms with Gasteiger partial charge in [0.2, 0.25) is 5.91 Å². The summed E-state index contributed by atoms with van der Waals surface area (Å²) < 4.78 is 1.57. The molecule has 1 aromatic carbocycles. The van der Waals surface area contributed by atoms with E-state index < -0.39 is 0 Å². The molecule has 6 heteroatoms. The number of benzene rings is 1. The predicted molar refractivity (Wildman–Crippen MR) is 86.1 cm³/mol. The van der Waals surface area contributed by atoms with Gasteiger partial charge in [-0.2, -0.15) is 0 Å². The number of nitrogens with one attached hydrogen (secondary N) is 1. The van der Waals surface area contributed by atoms with Gasteiger partial charge in [-0.25, -0.2) is 0 Å². The Balaban J connectivity index is 1.88. The maximum Gasteiger partial charge on any atom is 0.251 e. The largest absolute Gasteiger partial charge is 0.353 e. The van der Waals surface area contributed by atoms with Crippen molar-refractivity contribution in [2.45, 2.75) is 23.8 Å². The Morgan fingerprint density at radius 2 is 2.19 bits per heavy atom. The molecule has 1 fully saturated rings. The van der Waals surface area contributed by atoms with Gasteiger partial charge in [-0.1, -0.05) is 17.7 Å². The van der Waals surface area contributed by atoms with Gasteiger partial charge in [0.1, 0.15) is 0 Å². The molecule has 0 bridgehead atoms. The Hall–Kier alpha value is -1.46. The van der Waals surface area contributed by atoms with Crippen molar-refractivity contribution in [2.75, 3.05) is 5.75 Å². The molecule has 21 heavy (non-hydrogen) atoms. The van der Waals surface area contributed by atoms with Crippen LogP contribution < -0.4 is 10.9 Å². The minimum Gasteiger partial charge on any atom is -0.353 e. The van der Waals surface area contributed by atoms with Crippen LogP contribution in [0.5, 0.6) is 0 Å². The molecular formula is C15H15ClN2O2S. The molecule has 1 saturated carbocycles. The Bertz CT molecular complexity index is 768. The minimum atomic E-state index is -0.102. The number of aryl methyl sites for hydroxylation is 1. The second-order valence-corrected chi connectivity index (χ2v) is 6.65. The Kier molecular flexibility index (Phi) is 3.95. The highest BCUT2D eigenvalue weighted by molar-refractivity contribution is 8.00. The van der Waals surface area contributed by atoms with Crippen LogP contribution in [0.3, 0.4) is 0 Å². The van der Waals surface area contributed by atoms with Crippen molar-refractivity contribution >= 4 is 40.2 Å². The van der Waals surface area contributed by atoms with Crippen LogP contribution >= 0.6 is 23.4 Å². The van der Waals surface area contributed by atoms with E-state index in [2.05, 4.69) is 5.32 Å². The molecule has 0 saturated heterocycles. The molecule has 0 atom stereocenters. The second kappa shape index (κ2) is 5.73. The summed E-state index contributed by atoms with van der Waals surface area (Å²) in [5.74, 6) is 0.340. The van der Waals surface area contributed by atoms with E-state index >= 15 is 0 Å². The number of amides is 1. The number of carbonyl (C=O) groups excluding carboxylic acids is 1. The summed E-state index contributed by atoms with van der Waals surface area (Å²) in [6, 6.07) is 7.39. The van der Waals surface area contributed by atoms with Crippen molar-refractivity contribution < 1.29 is 4.79 Å². The summed E-state index contributed by atoms with van der Waals surface area (Å²) in [5.41, 5.74) is 0.676. The second-order valence-electron chi connectivity index (χ2n) is 5.20. The molecule has 1 amide bonds. The van der Waals surface area contributed by atoms with Gasteiger partial charge in [0.15, 0.2) is 0 Å². The molecule has 1 aliphatic carbocycles. The molecule has 4 nitrogen and oxygen atoms in total. The first-order valence-electron chi connectivity index (χ1n) is 6.76. The number of fused-ring (bicyclic) bond motifs is 1. The zero-order valence-electron chi connectivity index (χ0n) is 11.6. The van der Waals surface area contributed by atoms with Crippen LogP contribution in [0, 0.1) is 0 Å². The van der Waals surface area contributed by atoms with Crippen LogP contribution in [-0.4, -0.2) is 22.3 Å². The number of carbonyl (C=O) groups is 1. The SMILES string of the molecule is Cn1c(=O)cc(SCC(=O)NC2CC2)c2ccc(Cl)cc21. The lowest BCUT2D eigenvalue weighted by molar-refractivity contribution is -0.118. The van der Waals surface area contributed by atoms with E-state index in [1.807, 2.05) is 6.07 Å². The van der Waals surface area contributed by atoms with E-state index in [9.17, 15) is 9.59 Å². The van der Waals surface area contributed by atoms with Gasteiger partial charge < -0.3 is 9.88 Å². The molecular weight excluding hydrogens is 308 g/mol. The fourth-order valence-electron chi connectivity index (χ4n) is 2.16. The third-order valence-corrected chi connectivity index (χ3v) is 4.76. The van der Waals surface area contributed by atoms with Crippen molar-refractivity contribution in [3.05, 3.63) is 39.6 Å². The van der Waals surface area contributed by atoms with Crippen molar-refractivity contribution in [2.24, 2.45) is 7.05 Å². The van der Waals surface area contributed by atoms with Crippen LogP contribution in [0.1, 0.15) is 12.8 Å². The Labute approximate surface area is 131 Å². The van der Waals surface area contributed by atoms with Crippen LogP contribution in [0.2, 0.25) is 5.02 Å². The van der Waals surface area contributed by atoms with E-state index in [0.29, 0.717) is 16.8 Å². The summed E-state index contributed by atoms with van der Waals surface area (Å²) in [5, 5.41) is 4.47. The lowest BCUT2D eigenvalue weighted by atomic mass is 10.2. The summed E-state index contributed by atoms with van der Waals surface area (Å²) in [6.45, 7) is 0. The van der Waals surface area contributed by atoms with E-state index in [1.165, 1.54) is 11.8 Å². The number of rotatable bonds is 4. The van der Waals surface area contributed by atoms with Crippen LogP contribution in [0.25, 0.3) is 10.9 Å². The molecule has 1 N–H and O–H groups in total. The van der Waals surface area contributed by atoms with E-state index in [1.54, 1.807) is 29.8 Å². The topological polar surface area (TPSA) is 51.1 Å². The zero-order chi connectivity index (χ0) is 15.0. The highest BCUT2D eigenvalue weighted by Gasteiger charge is 2.23. The number of halogens is 1. The first-order valence-corrected chi connectivity index (χ1v) is 8.12. The number of pyridine rings is 1. The van der Waals surface area contributed by atoms with E-state index in [-0.39, 0.29) is 11.5 Å². The number of aromatic nitrogens is 1. The van der Waals surface area contributed by atoms with Gasteiger partial charge >= 0.3 is 0 Å². The Morgan fingerprint density at radius 3 is 2.90 bits per heavy atom. The highest BCUT2D eigenvalue weighted by Crippen LogP contribution is 2.28. The molecule has 0 spiro atoms. The van der Waals surface area contributed by atoms with Gasteiger partial charge in [0.25, 0.3) is 5.56 Å². The quantitative estimate of drug-likeness (QED) is 0.880. The normalized spacial score (nSPS) is 14.4. The summed E-state index contributed by atoms with van der Waals surface area (Å²) in [4.78, 5) is 24.6. The minimum absolute atomic E-state index is 0.0188. The fraction of sp³-hybridized carbons (Fsp3) is 0.333. The van der Waals surface area contributed by atoms with Crippen LogP contribution in [0.15, 0.2) is 34.0 Å². The lowest BCUT2D eigenvalue weighted by Gasteiger charge is -2.10. The lowest BCUT2D eigenvalue weighted by Crippen LogP contribution is -2.27. The molecule has 1 aliphatic rings. The van der Waals surface area contributed by atoms with Gasteiger partial charge in [-0.05, 0) is 25.0 Å². The van der Waals surface area contributed by atoms with E-state index in [4.69, 9.17) is 11.6 Å². The zero-order valence-corrected chi connectivity index (χ0v) is 13.1. The monoisotopic (exact) mass is 322 g/mol. The van der Waals surface area contributed by atoms with Crippen molar-refractivity contribution in [1.29, 1.82) is 0 Å². The fourth-order valence-corrected chi connectivity index (χ4v) is 3.20. The summed E-state index contributed by atoms with van der Waals surface area (Å²) in [7, 11) is 1.72. The average molecular weight is 323 g/mol. The number of hydrogen-bond donors (Lipinski definition) is 1. The Morgan fingerprint density at radius 1 is 1.43 bits per heavy atom. The van der Waals surface area contributed by atoms with Crippen LogP contribution in [-0.2, 0) is 11.8 Å². The molecule has 110 valence electrons. The maximum atomic E-state index is 12.0. The molecule has 1 heterocycles. The summed E-state index contributed by atoms with van der Waals surface area (Å²) >= 11 is 7.39. The van der Waals surface area contributed by atoms with Gasteiger partial charge in [0.05, 0.1) is 11.3 Å². The number of nitrogens with zero attached hydrogens (tertiary/aromatic N) is 1. The van der Waals surface area contributed by atoms with Crippen molar-refractivity contribution in [1.82, 2.24) is 9.88 Å². The molecule has 3 rings (SSSR count). The molecule has 1 aromatic heterocycles.